The van der Waals surface area contributed by atoms with Crippen LogP contribution in [0.15, 0.2) is 30.3 Å². The molecule has 0 spiro atoms. The highest BCUT2D eigenvalue weighted by Gasteiger charge is 2.36. The third-order valence-corrected chi connectivity index (χ3v) is 4.33. The molecule has 98 valence electrons. The van der Waals surface area contributed by atoms with Gasteiger partial charge in [0, 0.05) is 25.0 Å². The Morgan fingerprint density at radius 3 is 2.89 bits per heavy atom. The molecule has 2 saturated heterocycles. The summed E-state index contributed by atoms with van der Waals surface area (Å²) in [6.45, 7) is 4.14. The summed E-state index contributed by atoms with van der Waals surface area (Å²) in [5.74, 6) is 0.413. The summed E-state index contributed by atoms with van der Waals surface area (Å²) >= 11 is 0. The number of likely N-dealkylation sites (tertiary alicyclic amines) is 1. The van der Waals surface area contributed by atoms with E-state index in [9.17, 15) is 5.11 Å². The Kier molecular flexibility index (Phi) is 3.64. The molecule has 3 unspecified atom stereocenters. The van der Waals surface area contributed by atoms with Crippen molar-refractivity contribution < 1.29 is 5.11 Å². The molecule has 0 aliphatic carbocycles. The van der Waals surface area contributed by atoms with Crippen LogP contribution in [-0.2, 0) is 6.54 Å². The Hall–Kier alpha value is -0.900. The first kappa shape index (κ1) is 12.2. The van der Waals surface area contributed by atoms with E-state index in [0.717, 1.165) is 39.0 Å². The minimum absolute atomic E-state index is 0.116. The number of hydrogen-bond acceptors (Lipinski definition) is 3. The number of fused-ring (bicyclic) bond motifs is 1. The minimum atomic E-state index is -0.116. The van der Waals surface area contributed by atoms with Crippen LogP contribution >= 0.6 is 0 Å². The Bertz CT molecular complexity index is 381. The Balaban J connectivity index is 1.62. The van der Waals surface area contributed by atoms with E-state index in [1.165, 1.54) is 5.56 Å². The fourth-order valence-electron chi connectivity index (χ4n) is 3.31. The van der Waals surface area contributed by atoms with Crippen molar-refractivity contribution in [2.45, 2.75) is 31.5 Å². The van der Waals surface area contributed by atoms with E-state index in [4.69, 9.17) is 0 Å². The standard InChI is InChI=1S/C15H22N2O/c18-15-6-8-16-14-7-9-17(11-13(14)15)10-12-4-2-1-3-5-12/h1-5,13-16,18H,6-11H2. The van der Waals surface area contributed by atoms with Crippen molar-refractivity contribution in [2.24, 2.45) is 5.92 Å². The molecule has 1 aromatic rings. The van der Waals surface area contributed by atoms with Crippen LogP contribution in [0.1, 0.15) is 18.4 Å². The first-order valence-electron chi connectivity index (χ1n) is 7.00. The van der Waals surface area contributed by atoms with E-state index in [-0.39, 0.29) is 6.10 Å². The highest BCUT2D eigenvalue weighted by molar-refractivity contribution is 5.14. The smallest absolute Gasteiger partial charge is 0.0607 e. The van der Waals surface area contributed by atoms with Gasteiger partial charge >= 0.3 is 0 Å². The second kappa shape index (κ2) is 5.39. The summed E-state index contributed by atoms with van der Waals surface area (Å²) in [5, 5.41) is 13.7. The van der Waals surface area contributed by atoms with Gasteiger partial charge in [0.1, 0.15) is 0 Å². The maximum Gasteiger partial charge on any atom is 0.0607 e. The van der Waals surface area contributed by atoms with Crippen LogP contribution in [-0.4, -0.2) is 41.8 Å². The van der Waals surface area contributed by atoms with Gasteiger partial charge in [0.05, 0.1) is 6.10 Å². The molecule has 3 rings (SSSR count). The molecule has 3 nitrogen and oxygen atoms in total. The van der Waals surface area contributed by atoms with Crippen molar-refractivity contribution in [3.8, 4) is 0 Å². The van der Waals surface area contributed by atoms with Crippen LogP contribution < -0.4 is 5.32 Å². The third-order valence-electron chi connectivity index (χ3n) is 4.33. The zero-order chi connectivity index (χ0) is 12.4. The van der Waals surface area contributed by atoms with E-state index in [2.05, 4.69) is 40.5 Å². The van der Waals surface area contributed by atoms with Gasteiger partial charge in [-0.1, -0.05) is 30.3 Å². The molecule has 3 heteroatoms. The van der Waals surface area contributed by atoms with Crippen molar-refractivity contribution in [1.82, 2.24) is 10.2 Å². The normalized spacial score (nSPS) is 33.1. The van der Waals surface area contributed by atoms with E-state index in [1.807, 2.05) is 0 Å². The molecule has 0 radical (unpaired) electrons. The zero-order valence-corrected chi connectivity index (χ0v) is 10.8. The van der Waals surface area contributed by atoms with Gasteiger partial charge in [-0.15, -0.1) is 0 Å². The van der Waals surface area contributed by atoms with Crippen molar-refractivity contribution in [2.75, 3.05) is 19.6 Å². The Morgan fingerprint density at radius 1 is 1.22 bits per heavy atom. The van der Waals surface area contributed by atoms with Crippen LogP contribution in [0.5, 0.6) is 0 Å². The van der Waals surface area contributed by atoms with Crippen LogP contribution in [0, 0.1) is 5.92 Å². The number of rotatable bonds is 2. The highest BCUT2D eigenvalue weighted by Crippen LogP contribution is 2.26. The van der Waals surface area contributed by atoms with Crippen molar-refractivity contribution in [3.63, 3.8) is 0 Å². The zero-order valence-electron chi connectivity index (χ0n) is 10.8. The predicted molar refractivity (Wildman–Crippen MR) is 72.2 cm³/mol. The molecule has 2 N–H and O–H groups in total. The molecule has 0 amide bonds. The monoisotopic (exact) mass is 246 g/mol. The molecule has 2 heterocycles. The van der Waals surface area contributed by atoms with Crippen LogP contribution in [0.25, 0.3) is 0 Å². The van der Waals surface area contributed by atoms with E-state index < -0.39 is 0 Å². The molecule has 18 heavy (non-hydrogen) atoms. The van der Waals surface area contributed by atoms with Gasteiger partial charge in [-0.25, -0.2) is 0 Å². The quantitative estimate of drug-likeness (QED) is 0.824. The van der Waals surface area contributed by atoms with Gasteiger partial charge in [0.25, 0.3) is 0 Å². The molecule has 0 bridgehead atoms. The van der Waals surface area contributed by atoms with Gasteiger partial charge in [0.15, 0.2) is 0 Å². The van der Waals surface area contributed by atoms with Gasteiger partial charge in [-0.3, -0.25) is 4.90 Å². The molecule has 2 aliphatic heterocycles. The van der Waals surface area contributed by atoms with E-state index in [0.29, 0.717) is 12.0 Å². The first-order chi connectivity index (χ1) is 8.83. The summed E-state index contributed by atoms with van der Waals surface area (Å²) < 4.78 is 0. The number of aliphatic hydroxyl groups excluding tert-OH is 1. The van der Waals surface area contributed by atoms with Gasteiger partial charge in [0.2, 0.25) is 0 Å². The summed E-state index contributed by atoms with van der Waals surface area (Å²) in [6, 6.07) is 11.1. The highest BCUT2D eigenvalue weighted by atomic mass is 16.3. The van der Waals surface area contributed by atoms with Crippen molar-refractivity contribution >= 4 is 0 Å². The lowest BCUT2D eigenvalue weighted by molar-refractivity contribution is 0.000992. The lowest BCUT2D eigenvalue weighted by atomic mass is 9.83. The van der Waals surface area contributed by atoms with E-state index in [1.54, 1.807) is 0 Å². The largest absolute Gasteiger partial charge is 0.393 e. The summed E-state index contributed by atoms with van der Waals surface area (Å²) in [7, 11) is 0. The molecule has 1 aromatic carbocycles. The predicted octanol–water partition coefficient (Wildman–Crippen LogP) is 1.23. The van der Waals surface area contributed by atoms with Crippen LogP contribution in [0.2, 0.25) is 0 Å². The molecule has 3 atom stereocenters. The third kappa shape index (κ3) is 2.58. The maximum absolute atomic E-state index is 10.1. The number of nitrogens with one attached hydrogen (secondary N) is 1. The van der Waals surface area contributed by atoms with Gasteiger partial charge in [-0.05, 0) is 31.5 Å². The van der Waals surface area contributed by atoms with E-state index >= 15 is 0 Å². The van der Waals surface area contributed by atoms with Crippen molar-refractivity contribution in [3.05, 3.63) is 35.9 Å². The maximum atomic E-state index is 10.1. The second-order valence-electron chi connectivity index (χ2n) is 5.59. The lowest BCUT2D eigenvalue weighted by Crippen LogP contribution is -2.57. The van der Waals surface area contributed by atoms with Gasteiger partial charge in [-0.2, -0.15) is 0 Å². The second-order valence-corrected chi connectivity index (χ2v) is 5.59. The first-order valence-corrected chi connectivity index (χ1v) is 7.00. The average Bonchev–Trinajstić information content (AvgIpc) is 2.41. The summed E-state index contributed by atoms with van der Waals surface area (Å²) in [6.07, 6.45) is 1.95. The number of nitrogens with zero attached hydrogens (tertiary/aromatic N) is 1. The fraction of sp³-hybridized carbons (Fsp3) is 0.600. The topological polar surface area (TPSA) is 35.5 Å². The number of piperidine rings is 2. The molecular formula is C15H22N2O. The van der Waals surface area contributed by atoms with Gasteiger partial charge < -0.3 is 10.4 Å². The molecular weight excluding hydrogens is 224 g/mol. The summed E-state index contributed by atoms with van der Waals surface area (Å²) in [5.41, 5.74) is 1.37. The molecule has 0 saturated carbocycles. The Morgan fingerprint density at radius 2 is 2.06 bits per heavy atom. The SMILES string of the molecule is OC1CCNC2CCN(Cc3ccccc3)CC12. The Labute approximate surface area is 109 Å². The molecule has 2 fully saturated rings. The molecule has 0 aromatic heterocycles. The number of aliphatic hydroxyl groups is 1. The number of hydrogen-bond donors (Lipinski definition) is 2. The van der Waals surface area contributed by atoms with Crippen LogP contribution in [0.3, 0.4) is 0 Å². The fourth-order valence-corrected chi connectivity index (χ4v) is 3.31. The number of benzene rings is 1. The van der Waals surface area contributed by atoms with Crippen LogP contribution in [0.4, 0.5) is 0 Å². The summed E-state index contributed by atoms with van der Waals surface area (Å²) in [4.78, 5) is 2.48. The molecule has 2 aliphatic rings. The lowest BCUT2D eigenvalue weighted by Gasteiger charge is -2.44. The minimum Gasteiger partial charge on any atom is -0.393 e. The van der Waals surface area contributed by atoms with Crippen molar-refractivity contribution in [1.29, 1.82) is 0 Å². The average molecular weight is 246 g/mol.